The standard InChI is InChI=1S/C15H20N2O6S/c1-4-5-17-13(21)8(12(20)16-14(17)24)6-10-11(9(19)7-18)23-15(2,3)22-10/h4,6,9-11,18-19H,1,5,7H2,2-3H3,(H,16,20,24)/b8-6-/t9?,10-,11+/m0/s1. The quantitative estimate of drug-likeness (QED) is 0.257. The van der Waals surface area contributed by atoms with Gasteiger partial charge in [-0.2, -0.15) is 0 Å². The maximum Gasteiger partial charge on any atom is 0.265 e. The van der Waals surface area contributed by atoms with Crippen LogP contribution in [0.5, 0.6) is 0 Å². The number of hydrogen-bond donors (Lipinski definition) is 3. The molecule has 2 amide bonds. The number of aliphatic hydroxyl groups is 2. The summed E-state index contributed by atoms with van der Waals surface area (Å²) in [7, 11) is 0. The van der Waals surface area contributed by atoms with E-state index in [0.29, 0.717) is 0 Å². The molecule has 0 bridgehead atoms. The summed E-state index contributed by atoms with van der Waals surface area (Å²) in [5.41, 5.74) is -0.174. The van der Waals surface area contributed by atoms with Gasteiger partial charge >= 0.3 is 0 Å². The molecule has 2 aliphatic rings. The van der Waals surface area contributed by atoms with Crippen molar-refractivity contribution in [3.05, 3.63) is 24.3 Å². The second-order valence-corrected chi connectivity index (χ2v) is 6.25. The average molecular weight is 356 g/mol. The Morgan fingerprint density at radius 1 is 1.46 bits per heavy atom. The predicted molar refractivity (Wildman–Crippen MR) is 87.7 cm³/mol. The van der Waals surface area contributed by atoms with Crippen molar-refractivity contribution < 1.29 is 29.3 Å². The molecule has 8 nitrogen and oxygen atoms in total. The lowest BCUT2D eigenvalue weighted by Crippen LogP contribution is -2.54. The van der Waals surface area contributed by atoms with Gasteiger partial charge in [-0.15, -0.1) is 6.58 Å². The van der Waals surface area contributed by atoms with E-state index in [1.54, 1.807) is 13.8 Å². The summed E-state index contributed by atoms with van der Waals surface area (Å²) in [5, 5.41) is 21.5. The first-order chi connectivity index (χ1) is 11.2. The van der Waals surface area contributed by atoms with Crippen LogP contribution in [0.3, 0.4) is 0 Å². The van der Waals surface area contributed by atoms with E-state index in [9.17, 15) is 14.7 Å². The first kappa shape index (κ1) is 18.7. The van der Waals surface area contributed by atoms with Crippen LogP contribution in [0.25, 0.3) is 0 Å². The molecule has 0 aromatic heterocycles. The Hall–Kier alpha value is -1.65. The van der Waals surface area contributed by atoms with Crippen LogP contribution in [0, 0.1) is 0 Å². The lowest BCUT2D eigenvalue weighted by molar-refractivity contribution is -0.155. The molecule has 0 spiro atoms. The number of carbonyl (C=O) groups excluding carboxylic acids is 2. The van der Waals surface area contributed by atoms with Gasteiger partial charge < -0.3 is 19.7 Å². The summed E-state index contributed by atoms with van der Waals surface area (Å²) in [6.45, 7) is 6.40. The molecule has 0 aromatic carbocycles. The van der Waals surface area contributed by atoms with Gasteiger partial charge in [0.05, 0.1) is 6.61 Å². The van der Waals surface area contributed by atoms with E-state index in [2.05, 4.69) is 11.9 Å². The molecule has 3 N–H and O–H groups in total. The highest BCUT2D eigenvalue weighted by Gasteiger charge is 2.45. The van der Waals surface area contributed by atoms with Crippen LogP contribution in [0.2, 0.25) is 0 Å². The minimum Gasteiger partial charge on any atom is -0.394 e. The fraction of sp³-hybridized carbons (Fsp3) is 0.533. The Morgan fingerprint density at radius 3 is 2.71 bits per heavy atom. The predicted octanol–water partition coefficient (Wildman–Crippen LogP) is -0.785. The number of ether oxygens (including phenoxy) is 2. The van der Waals surface area contributed by atoms with Gasteiger partial charge in [-0.25, -0.2) is 0 Å². The van der Waals surface area contributed by atoms with Gasteiger partial charge in [0.15, 0.2) is 10.9 Å². The number of aliphatic hydroxyl groups excluding tert-OH is 2. The SMILES string of the molecule is C=CCN1C(=O)/C(=C\[C@@H]2OC(C)(C)O[C@@H]2C(O)CO)C(=O)NC1=S. The summed E-state index contributed by atoms with van der Waals surface area (Å²) < 4.78 is 11.2. The first-order valence-corrected chi connectivity index (χ1v) is 7.75. The third-order valence-corrected chi connectivity index (χ3v) is 3.88. The van der Waals surface area contributed by atoms with Crippen LogP contribution in [0.1, 0.15) is 13.8 Å². The molecule has 2 rings (SSSR count). The van der Waals surface area contributed by atoms with Gasteiger partial charge in [0.2, 0.25) is 0 Å². The second kappa shape index (κ2) is 7.08. The average Bonchev–Trinajstić information content (AvgIpc) is 2.81. The fourth-order valence-corrected chi connectivity index (χ4v) is 2.77. The monoisotopic (exact) mass is 356 g/mol. The third-order valence-electron chi connectivity index (χ3n) is 3.56. The van der Waals surface area contributed by atoms with Crippen molar-refractivity contribution in [3.8, 4) is 0 Å². The topological polar surface area (TPSA) is 108 Å². The molecular weight excluding hydrogens is 336 g/mol. The molecule has 0 radical (unpaired) electrons. The van der Waals surface area contributed by atoms with Gasteiger partial charge in [0.1, 0.15) is 23.9 Å². The number of rotatable bonds is 5. The largest absolute Gasteiger partial charge is 0.394 e. The Balaban J connectivity index is 2.32. The maximum atomic E-state index is 12.5. The number of nitrogens with one attached hydrogen (secondary N) is 1. The highest BCUT2D eigenvalue weighted by molar-refractivity contribution is 7.80. The van der Waals surface area contributed by atoms with Crippen molar-refractivity contribution in [1.82, 2.24) is 10.2 Å². The Labute approximate surface area is 144 Å². The molecule has 9 heteroatoms. The van der Waals surface area contributed by atoms with Gasteiger partial charge in [-0.3, -0.25) is 19.8 Å². The summed E-state index contributed by atoms with van der Waals surface area (Å²) in [5.74, 6) is -2.28. The molecule has 2 saturated heterocycles. The van der Waals surface area contributed by atoms with Crippen LogP contribution >= 0.6 is 12.2 Å². The normalized spacial score (nSPS) is 29.8. The van der Waals surface area contributed by atoms with Crippen molar-refractivity contribution in [2.45, 2.75) is 37.9 Å². The fourth-order valence-electron chi connectivity index (χ4n) is 2.52. The van der Waals surface area contributed by atoms with Gasteiger partial charge in [0, 0.05) is 6.54 Å². The lowest BCUT2D eigenvalue weighted by Gasteiger charge is -2.28. The molecule has 2 fully saturated rings. The molecule has 132 valence electrons. The highest BCUT2D eigenvalue weighted by Crippen LogP contribution is 2.31. The summed E-state index contributed by atoms with van der Waals surface area (Å²) in [4.78, 5) is 25.8. The van der Waals surface area contributed by atoms with Crippen molar-refractivity contribution in [2.24, 2.45) is 0 Å². The molecule has 2 aliphatic heterocycles. The summed E-state index contributed by atoms with van der Waals surface area (Å²) >= 11 is 4.97. The number of thiocarbonyl (C=S) groups is 1. The Kier molecular flexibility index (Phi) is 5.51. The van der Waals surface area contributed by atoms with Crippen LogP contribution in [0.4, 0.5) is 0 Å². The summed E-state index contributed by atoms with van der Waals surface area (Å²) in [6.07, 6.45) is -0.256. The van der Waals surface area contributed by atoms with Gasteiger partial charge in [-0.05, 0) is 32.1 Å². The molecule has 1 unspecified atom stereocenters. The van der Waals surface area contributed by atoms with Crippen molar-refractivity contribution in [2.75, 3.05) is 13.2 Å². The zero-order valence-corrected chi connectivity index (χ0v) is 14.2. The van der Waals surface area contributed by atoms with Crippen molar-refractivity contribution in [3.63, 3.8) is 0 Å². The summed E-state index contributed by atoms with van der Waals surface area (Å²) in [6, 6.07) is 0. The number of carbonyl (C=O) groups is 2. The van der Waals surface area contributed by atoms with E-state index in [4.69, 9.17) is 26.8 Å². The number of nitrogens with zero attached hydrogens (tertiary/aromatic N) is 1. The van der Waals surface area contributed by atoms with E-state index < -0.39 is 42.5 Å². The molecule has 0 saturated carbocycles. The van der Waals surface area contributed by atoms with Crippen LogP contribution in [-0.2, 0) is 19.1 Å². The second-order valence-electron chi connectivity index (χ2n) is 5.86. The first-order valence-electron chi connectivity index (χ1n) is 7.34. The number of amides is 2. The van der Waals surface area contributed by atoms with Crippen LogP contribution in [-0.4, -0.2) is 69.3 Å². The molecule has 0 aliphatic carbocycles. The van der Waals surface area contributed by atoms with Gasteiger partial charge in [-0.1, -0.05) is 6.08 Å². The zero-order valence-electron chi connectivity index (χ0n) is 13.4. The van der Waals surface area contributed by atoms with Crippen LogP contribution in [0.15, 0.2) is 24.3 Å². The van der Waals surface area contributed by atoms with E-state index in [1.807, 2.05) is 0 Å². The molecule has 3 atom stereocenters. The molecule has 2 heterocycles. The maximum absolute atomic E-state index is 12.5. The Bertz CT molecular complexity index is 603. The minimum atomic E-state index is -1.22. The molecule has 24 heavy (non-hydrogen) atoms. The van der Waals surface area contributed by atoms with E-state index in [0.717, 1.165) is 0 Å². The van der Waals surface area contributed by atoms with Crippen molar-refractivity contribution >= 4 is 29.1 Å². The van der Waals surface area contributed by atoms with E-state index in [1.165, 1.54) is 17.1 Å². The smallest absolute Gasteiger partial charge is 0.265 e. The van der Waals surface area contributed by atoms with Crippen LogP contribution < -0.4 is 5.32 Å². The molecule has 0 aromatic rings. The van der Waals surface area contributed by atoms with E-state index in [-0.39, 0.29) is 17.2 Å². The molecular formula is C15H20N2O6S. The highest BCUT2D eigenvalue weighted by atomic mass is 32.1. The van der Waals surface area contributed by atoms with Gasteiger partial charge in [0.25, 0.3) is 11.8 Å². The Morgan fingerprint density at radius 2 is 2.12 bits per heavy atom. The van der Waals surface area contributed by atoms with E-state index >= 15 is 0 Å². The third kappa shape index (κ3) is 3.70. The van der Waals surface area contributed by atoms with Crippen molar-refractivity contribution in [1.29, 1.82) is 0 Å². The minimum absolute atomic E-state index is 0.00193. The lowest BCUT2D eigenvalue weighted by atomic mass is 10.0. The zero-order chi connectivity index (χ0) is 18.1. The number of hydrogen-bond acceptors (Lipinski definition) is 7.